The average molecular weight is 460 g/mol. The first-order chi connectivity index (χ1) is 11.6. The summed E-state index contributed by atoms with van der Waals surface area (Å²) in [5, 5.41) is 6.77. The van der Waals surface area contributed by atoms with Crippen molar-refractivity contribution in [1.29, 1.82) is 0 Å². The number of hydrogen-bond donors (Lipinski definition) is 2. The molecule has 0 aromatic heterocycles. The zero-order valence-corrected chi connectivity index (χ0v) is 18.8. The van der Waals surface area contributed by atoms with E-state index >= 15 is 0 Å². The van der Waals surface area contributed by atoms with Crippen molar-refractivity contribution in [2.75, 3.05) is 33.7 Å². The van der Waals surface area contributed by atoms with Crippen molar-refractivity contribution in [3.05, 3.63) is 35.4 Å². The Labute approximate surface area is 171 Å². The molecule has 0 atom stereocenters. The normalized spacial score (nSPS) is 11.3. The number of aryl methyl sites for hydroxylation is 1. The number of benzene rings is 1. The second-order valence-electron chi connectivity index (χ2n) is 6.68. The average Bonchev–Trinajstić information content (AvgIpc) is 2.54. The third-order valence-electron chi connectivity index (χ3n) is 3.92. The number of hydrogen-bond acceptors (Lipinski definition) is 2. The summed E-state index contributed by atoms with van der Waals surface area (Å²) in [7, 11) is 4.28. The number of guanidine groups is 1. The molecule has 5 heteroatoms. The minimum atomic E-state index is 0. The van der Waals surface area contributed by atoms with Crippen molar-refractivity contribution in [1.82, 2.24) is 15.5 Å². The molecule has 0 heterocycles. The number of aliphatic imine (C=N–C) groups is 1. The van der Waals surface area contributed by atoms with Crippen molar-refractivity contribution in [2.45, 2.75) is 52.5 Å². The number of nitrogens with zero attached hydrogens (tertiary/aromatic N) is 2. The molecule has 0 unspecified atom stereocenters. The standard InChI is InChI=1S/C20H36N4.HI/c1-5-21-20(23-17-19-13-11-12-18(2)16-19)22-14-9-7-6-8-10-15-24(3)4;/h11-13,16H,5-10,14-15,17H2,1-4H3,(H2,21,22,23);1H. The van der Waals surface area contributed by atoms with Gasteiger partial charge in [0, 0.05) is 13.1 Å². The number of unbranched alkanes of at least 4 members (excludes halogenated alkanes) is 4. The quantitative estimate of drug-likeness (QED) is 0.225. The van der Waals surface area contributed by atoms with Gasteiger partial charge in [-0.3, -0.25) is 0 Å². The van der Waals surface area contributed by atoms with E-state index in [0.29, 0.717) is 0 Å². The summed E-state index contributed by atoms with van der Waals surface area (Å²) >= 11 is 0. The van der Waals surface area contributed by atoms with Gasteiger partial charge in [0.15, 0.2) is 5.96 Å². The summed E-state index contributed by atoms with van der Waals surface area (Å²) in [5.74, 6) is 0.923. The lowest BCUT2D eigenvalue weighted by Gasteiger charge is -2.12. The fourth-order valence-electron chi connectivity index (χ4n) is 2.61. The van der Waals surface area contributed by atoms with Gasteiger partial charge in [-0.1, -0.05) is 49.1 Å². The van der Waals surface area contributed by atoms with Crippen LogP contribution >= 0.6 is 24.0 Å². The van der Waals surface area contributed by atoms with Crippen molar-refractivity contribution < 1.29 is 0 Å². The maximum absolute atomic E-state index is 4.68. The third kappa shape index (κ3) is 13.1. The molecular formula is C20H37IN4. The smallest absolute Gasteiger partial charge is 0.191 e. The Morgan fingerprint density at radius 2 is 1.76 bits per heavy atom. The zero-order valence-electron chi connectivity index (χ0n) is 16.5. The van der Waals surface area contributed by atoms with Crippen molar-refractivity contribution in [3.63, 3.8) is 0 Å². The molecule has 0 saturated carbocycles. The van der Waals surface area contributed by atoms with Crippen LogP contribution in [0.5, 0.6) is 0 Å². The summed E-state index contributed by atoms with van der Waals surface area (Å²) in [4.78, 5) is 6.94. The van der Waals surface area contributed by atoms with Gasteiger partial charge in [-0.25, -0.2) is 4.99 Å². The van der Waals surface area contributed by atoms with E-state index in [9.17, 15) is 0 Å². The molecule has 0 fully saturated rings. The molecule has 0 radical (unpaired) electrons. The van der Waals surface area contributed by atoms with Gasteiger partial charge in [-0.2, -0.15) is 0 Å². The Kier molecular flexibility index (Phi) is 14.9. The predicted octanol–water partition coefficient (Wildman–Crippen LogP) is 4.18. The van der Waals surface area contributed by atoms with Gasteiger partial charge in [-0.15, -0.1) is 24.0 Å². The molecule has 0 bridgehead atoms. The molecule has 0 aliphatic rings. The van der Waals surface area contributed by atoms with Gasteiger partial charge in [-0.05, 0) is 52.9 Å². The molecule has 0 aliphatic heterocycles. The minimum absolute atomic E-state index is 0. The Bertz CT molecular complexity index is 475. The number of halogens is 1. The summed E-state index contributed by atoms with van der Waals surface area (Å²) in [6.07, 6.45) is 6.46. The highest BCUT2D eigenvalue weighted by Crippen LogP contribution is 2.05. The van der Waals surface area contributed by atoms with E-state index in [0.717, 1.165) is 25.6 Å². The van der Waals surface area contributed by atoms with Crippen LogP contribution in [0.15, 0.2) is 29.3 Å². The van der Waals surface area contributed by atoms with Crippen LogP contribution < -0.4 is 10.6 Å². The van der Waals surface area contributed by atoms with Crippen LogP contribution in [0, 0.1) is 6.92 Å². The highest BCUT2D eigenvalue weighted by atomic mass is 127. The van der Waals surface area contributed by atoms with E-state index in [1.54, 1.807) is 0 Å². The topological polar surface area (TPSA) is 39.7 Å². The molecule has 0 amide bonds. The van der Waals surface area contributed by atoms with Crippen molar-refractivity contribution >= 4 is 29.9 Å². The first-order valence-electron chi connectivity index (χ1n) is 9.34. The Hall–Kier alpha value is -0.820. The number of nitrogens with one attached hydrogen (secondary N) is 2. The van der Waals surface area contributed by atoms with Crippen LogP contribution in [0.4, 0.5) is 0 Å². The largest absolute Gasteiger partial charge is 0.357 e. The summed E-state index contributed by atoms with van der Waals surface area (Å²) in [5.41, 5.74) is 2.54. The molecule has 4 nitrogen and oxygen atoms in total. The molecular weight excluding hydrogens is 423 g/mol. The zero-order chi connectivity index (χ0) is 17.6. The monoisotopic (exact) mass is 460 g/mol. The van der Waals surface area contributed by atoms with Gasteiger partial charge >= 0.3 is 0 Å². The van der Waals surface area contributed by atoms with Crippen molar-refractivity contribution in [2.24, 2.45) is 4.99 Å². The van der Waals surface area contributed by atoms with Gasteiger partial charge in [0.1, 0.15) is 0 Å². The Morgan fingerprint density at radius 3 is 2.44 bits per heavy atom. The van der Waals surface area contributed by atoms with Crippen LogP contribution in [0.25, 0.3) is 0 Å². The maximum atomic E-state index is 4.68. The second kappa shape index (κ2) is 15.4. The van der Waals surface area contributed by atoms with Gasteiger partial charge < -0.3 is 15.5 Å². The molecule has 25 heavy (non-hydrogen) atoms. The summed E-state index contributed by atoms with van der Waals surface area (Å²) in [6.45, 7) is 8.04. The van der Waals surface area contributed by atoms with E-state index in [4.69, 9.17) is 0 Å². The number of rotatable bonds is 11. The molecule has 0 spiro atoms. The molecule has 1 aromatic rings. The summed E-state index contributed by atoms with van der Waals surface area (Å²) in [6, 6.07) is 8.54. The van der Waals surface area contributed by atoms with Gasteiger partial charge in [0.2, 0.25) is 0 Å². The molecule has 0 saturated heterocycles. The van der Waals surface area contributed by atoms with Gasteiger partial charge in [0.05, 0.1) is 6.54 Å². The molecule has 1 aromatic carbocycles. The molecule has 2 N–H and O–H groups in total. The fourth-order valence-corrected chi connectivity index (χ4v) is 2.61. The van der Waals surface area contributed by atoms with Crippen LogP contribution in [0.1, 0.15) is 50.2 Å². The first-order valence-corrected chi connectivity index (χ1v) is 9.34. The maximum Gasteiger partial charge on any atom is 0.191 e. The van der Waals surface area contributed by atoms with E-state index in [1.807, 2.05) is 0 Å². The highest BCUT2D eigenvalue weighted by Gasteiger charge is 1.98. The summed E-state index contributed by atoms with van der Waals surface area (Å²) < 4.78 is 0. The van der Waals surface area contributed by atoms with E-state index in [1.165, 1.54) is 49.8 Å². The molecule has 0 aliphatic carbocycles. The van der Waals surface area contributed by atoms with Crippen LogP contribution in [0.2, 0.25) is 0 Å². The van der Waals surface area contributed by atoms with Gasteiger partial charge in [0.25, 0.3) is 0 Å². The van der Waals surface area contributed by atoms with Crippen molar-refractivity contribution in [3.8, 4) is 0 Å². The molecule has 144 valence electrons. The Morgan fingerprint density at radius 1 is 1.04 bits per heavy atom. The van der Waals surface area contributed by atoms with Crippen LogP contribution in [-0.2, 0) is 6.54 Å². The second-order valence-corrected chi connectivity index (χ2v) is 6.68. The SMILES string of the molecule is CCNC(=NCc1cccc(C)c1)NCCCCCCCN(C)C.I. The van der Waals surface area contributed by atoms with E-state index < -0.39 is 0 Å². The minimum Gasteiger partial charge on any atom is -0.357 e. The van der Waals surface area contributed by atoms with E-state index in [-0.39, 0.29) is 24.0 Å². The Balaban J connectivity index is 0.00000576. The van der Waals surface area contributed by atoms with E-state index in [2.05, 4.69) is 72.7 Å². The first kappa shape index (κ1) is 24.2. The lowest BCUT2D eigenvalue weighted by Crippen LogP contribution is -2.37. The van der Waals surface area contributed by atoms with Crippen LogP contribution in [-0.4, -0.2) is 44.6 Å². The third-order valence-corrected chi connectivity index (χ3v) is 3.92. The lowest BCUT2D eigenvalue weighted by molar-refractivity contribution is 0.389. The lowest BCUT2D eigenvalue weighted by atomic mass is 10.1. The fraction of sp³-hybridized carbons (Fsp3) is 0.650. The van der Waals surface area contributed by atoms with Crippen LogP contribution in [0.3, 0.4) is 0 Å². The predicted molar refractivity (Wildman–Crippen MR) is 121 cm³/mol. The highest BCUT2D eigenvalue weighted by molar-refractivity contribution is 14.0. The molecule has 1 rings (SSSR count).